The van der Waals surface area contributed by atoms with Gasteiger partial charge >= 0.3 is 378 Å². The molecule has 0 aliphatic heterocycles. The summed E-state index contributed by atoms with van der Waals surface area (Å²) >= 11 is -14.0. The van der Waals surface area contributed by atoms with Crippen LogP contribution in [0.2, 0.25) is 0 Å². The summed E-state index contributed by atoms with van der Waals surface area (Å²) in [6.45, 7) is 0. The monoisotopic (exact) mass is 1110 g/mol. The van der Waals surface area contributed by atoms with Gasteiger partial charge in [0, 0.05) is 0 Å². The number of rotatable bonds is 15. The fourth-order valence-electron chi connectivity index (χ4n) is 8.67. The Hall–Kier alpha value is -4.68. The molecule has 0 aliphatic carbocycles. The molecule has 7 heteroatoms. The molecule has 0 bridgehead atoms. The summed E-state index contributed by atoms with van der Waals surface area (Å²) in [4.78, 5) is 0. The van der Waals surface area contributed by atoms with Crippen LogP contribution in [0.3, 0.4) is 0 Å². The predicted octanol–water partition coefficient (Wildman–Crippen LogP) is 6.02. The van der Waals surface area contributed by atoms with Gasteiger partial charge in [0.15, 0.2) is 0 Å². The van der Waals surface area contributed by atoms with E-state index in [1.54, 1.807) is 0 Å². The third-order valence-electron chi connectivity index (χ3n) is 11.4. The molecule has 3 nitrogen and oxygen atoms in total. The first kappa shape index (κ1) is 41.7. The Labute approximate surface area is 374 Å². The van der Waals surface area contributed by atoms with E-state index in [2.05, 4.69) is 273 Å². The van der Waals surface area contributed by atoms with Crippen molar-refractivity contribution in [2.45, 2.75) is 0 Å². The van der Waals surface area contributed by atoms with Crippen LogP contribution in [-0.2, 0) is 8.97 Å². The van der Waals surface area contributed by atoms with E-state index in [0.29, 0.717) is 0 Å². The standard InChI is InChI=1S/9C6H5.BO3.3Sn/c9*1-2-4-6-5-3-1;2-1(3)4;;;/h9*1-5H;;;;/q;;;;;;;;;-3;3*+1. The first-order valence-corrected chi connectivity index (χ1v) is 37.1. The van der Waals surface area contributed by atoms with Crippen LogP contribution in [0.5, 0.6) is 0 Å². The SMILES string of the molecule is c1cc[c]([Sn]([O]B([O][Sn]([c]2ccccc2)([c]2ccccc2)[c]2ccccc2)[O][Sn]([c]2ccccc2)([c]2ccccc2)[c]2ccccc2)([c]2ccccc2)[c]2ccccc2)cc1. The van der Waals surface area contributed by atoms with Crippen LogP contribution in [0, 0.1) is 0 Å². The summed E-state index contributed by atoms with van der Waals surface area (Å²) in [6, 6.07) is 97.7. The maximum absolute atomic E-state index is 8.31. The summed E-state index contributed by atoms with van der Waals surface area (Å²) in [5.74, 6) is 0. The van der Waals surface area contributed by atoms with E-state index >= 15 is 0 Å². The van der Waals surface area contributed by atoms with Gasteiger partial charge < -0.3 is 0 Å². The topological polar surface area (TPSA) is 27.7 Å². The van der Waals surface area contributed by atoms with Crippen molar-refractivity contribution in [3.63, 3.8) is 0 Å². The van der Waals surface area contributed by atoms with Crippen LogP contribution in [0.1, 0.15) is 0 Å². The zero-order valence-corrected chi connectivity index (χ0v) is 42.3. The van der Waals surface area contributed by atoms with E-state index in [0.717, 1.165) is 0 Å². The summed E-state index contributed by atoms with van der Waals surface area (Å²) in [6.07, 6.45) is 0. The van der Waals surface area contributed by atoms with Gasteiger partial charge in [0.05, 0.1) is 0 Å². The third-order valence-corrected chi connectivity index (χ3v) is 45.6. The first-order valence-electron chi connectivity index (χ1n) is 20.8. The van der Waals surface area contributed by atoms with Crippen LogP contribution in [0.4, 0.5) is 0 Å². The molecule has 0 aliphatic rings. The molecule has 9 rings (SSSR count). The van der Waals surface area contributed by atoms with Crippen LogP contribution in [0.15, 0.2) is 273 Å². The van der Waals surface area contributed by atoms with Crippen LogP contribution >= 0.6 is 0 Å². The van der Waals surface area contributed by atoms with Gasteiger partial charge in [-0.1, -0.05) is 0 Å². The third kappa shape index (κ3) is 8.46. The predicted molar refractivity (Wildman–Crippen MR) is 261 cm³/mol. The Morgan fingerprint density at radius 1 is 0.180 bits per heavy atom. The van der Waals surface area contributed by atoms with Crippen molar-refractivity contribution in [2.75, 3.05) is 0 Å². The molecule has 0 radical (unpaired) electrons. The Morgan fingerprint density at radius 3 is 0.410 bits per heavy atom. The molecule has 0 aromatic heterocycles. The fraction of sp³-hybridized carbons (Fsp3) is 0. The zero-order chi connectivity index (χ0) is 41.2. The average molecular weight is 1110 g/mol. The van der Waals surface area contributed by atoms with Gasteiger partial charge in [0.1, 0.15) is 0 Å². The Morgan fingerprint density at radius 2 is 0.295 bits per heavy atom. The van der Waals surface area contributed by atoms with E-state index in [1.807, 2.05) is 0 Å². The van der Waals surface area contributed by atoms with Gasteiger partial charge in [-0.05, 0) is 0 Å². The maximum atomic E-state index is 8.31. The quantitative estimate of drug-likeness (QED) is 0.118. The van der Waals surface area contributed by atoms with Crippen molar-refractivity contribution < 1.29 is 8.97 Å². The van der Waals surface area contributed by atoms with Gasteiger partial charge in [-0.25, -0.2) is 0 Å². The number of benzene rings is 9. The molecule has 0 heterocycles. The summed E-state index contributed by atoms with van der Waals surface area (Å²) in [5.41, 5.74) is 0. The summed E-state index contributed by atoms with van der Waals surface area (Å²) in [7, 11) is -1.11. The van der Waals surface area contributed by atoms with Crippen molar-refractivity contribution in [2.24, 2.45) is 0 Å². The molecular weight excluding hydrogens is 1060 g/mol. The minimum absolute atomic E-state index is 1.11. The molecule has 9 aromatic carbocycles. The molecule has 0 atom stereocenters. The van der Waals surface area contributed by atoms with Gasteiger partial charge in [-0.15, -0.1) is 0 Å². The van der Waals surface area contributed by atoms with Gasteiger partial charge in [0.2, 0.25) is 0 Å². The molecule has 294 valence electrons. The van der Waals surface area contributed by atoms with Crippen LogP contribution in [0.25, 0.3) is 0 Å². The number of hydrogen-bond acceptors (Lipinski definition) is 3. The van der Waals surface area contributed by atoms with Gasteiger partial charge in [-0.2, -0.15) is 0 Å². The van der Waals surface area contributed by atoms with Gasteiger partial charge in [-0.3, -0.25) is 0 Å². The minimum atomic E-state index is -4.66. The Balaban J connectivity index is 1.39. The van der Waals surface area contributed by atoms with Crippen LogP contribution in [-0.4, -0.2) is 63.7 Å². The van der Waals surface area contributed by atoms with Crippen molar-refractivity contribution in [3.05, 3.63) is 273 Å². The fourth-order valence-corrected chi connectivity index (χ4v) is 43.4. The van der Waals surface area contributed by atoms with Gasteiger partial charge in [0.25, 0.3) is 0 Å². The molecule has 0 unspecified atom stereocenters. The Bertz CT molecular complexity index is 2110. The van der Waals surface area contributed by atoms with E-state index in [9.17, 15) is 0 Å². The Kier molecular flexibility index (Phi) is 13.4. The molecule has 0 N–H and O–H groups in total. The van der Waals surface area contributed by atoms with Crippen molar-refractivity contribution in [1.82, 2.24) is 0 Å². The molecular formula is C54H45BO3Sn3. The molecule has 0 amide bonds. The van der Waals surface area contributed by atoms with Crippen LogP contribution < -0.4 is 32.2 Å². The average Bonchev–Trinajstić information content (AvgIpc) is 3.36. The second-order valence-corrected chi connectivity index (χ2v) is 43.5. The number of hydrogen-bond donors (Lipinski definition) is 0. The molecule has 9 aromatic rings. The second-order valence-electron chi connectivity index (χ2n) is 15.0. The molecule has 0 saturated heterocycles. The van der Waals surface area contributed by atoms with E-state index in [-0.39, 0.29) is 0 Å². The van der Waals surface area contributed by atoms with E-state index in [4.69, 9.17) is 8.97 Å². The molecule has 0 spiro atoms. The van der Waals surface area contributed by atoms with E-state index in [1.165, 1.54) is 32.2 Å². The molecule has 0 saturated carbocycles. The van der Waals surface area contributed by atoms with Crippen molar-refractivity contribution >= 4 is 95.9 Å². The molecule has 0 fully saturated rings. The summed E-state index contributed by atoms with van der Waals surface area (Å²) < 4.78 is 35.5. The second kappa shape index (κ2) is 19.6. The first-order chi connectivity index (χ1) is 30.2. The van der Waals surface area contributed by atoms with Crippen molar-refractivity contribution in [1.29, 1.82) is 0 Å². The normalized spacial score (nSPS) is 11.8. The summed E-state index contributed by atoms with van der Waals surface area (Å²) in [5, 5.41) is 0. The molecule has 61 heavy (non-hydrogen) atoms. The van der Waals surface area contributed by atoms with Crippen molar-refractivity contribution in [3.8, 4) is 0 Å². The van der Waals surface area contributed by atoms with E-state index < -0.39 is 63.7 Å². The zero-order valence-electron chi connectivity index (χ0n) is 33.8.